The molecule has 2 heterocycles. The maximum absolute atomic E-state index is 13.7. The van der Waals surface area contributed by atoms with Crippen molar-refractivity contribution in [1.29, 1.82) is 0 Å². The van der Waals surface area contributed by atoms with Gasteiger partial charge in [0.25, 0.3) is 10.0 Å². The number of para-hydroxylation sites is 1. The second-order valence-electron chi connectivity index (χ2n) is 7.34. The van der Waals surface area contributed by atoms with Crippen LogP contribution >= 0.6 is 23.1 Å². The second kappa shape index (κ2) is 10.7. The van der Waals surface area contributed by atoms with E-state index in [1.807, 2.05) is 25.1 Å². The Kier molecular flexibility index (Phi) is 7.63. The van der Waals surface area contributed by atoms with Gasteiger partial charge in [-0.05, 0) is 47.6 Å². The first-order valence-electron chi connectivity index (χ1n) is 10.7. The van der Waals surface area contributed by atoms with E-state index in [9.17, 15) is 13.2 Å². The summed E-state index contributed by atoms with van der Waals surface area (Å²) in [6, 6.07) is 10.5. The molecule has 0 fully saturated rings. The zero-order valence-corrected chi connectivity index (χ0v) is 21.8. The molecule has 0 unspecified atom stereocenters. The number of nitrogens with one attached hydrogen (secondary N) is 1. The summed E-state index contributed by atoms with van der Waals surface area (Å²) in [5.74, 6) is 0.789. The van der Waals surface area contributed by atoms with Crippen molar-refractivity contribution < 1.29 is 22.7 Å². The Bertz CT molecular complexity index is 1370. The lowest BCUT2D eigenvalue weighted by Gasteiger charge is -2.22. The van der Waals surface area contributed by atoms with Crippen LogP contribution in [0.2, 0.25) is 0 Å². The summed E-state index contributed by atoms with van der Waals surface area (Å²) in [6.07, 6.45) is 3.44. The topological polar surface area (TPSA) is 111 Å². The summed E-state index contributed by atoms with van der Waals surface area (Å²) in [5, 5.41) is 11.0. The number of aromatic nitrogens is 2. The van der Waals surface area contributed by atoms with E-state index >= 15 is 0 Å². The fourth-order valence-corrected chi connectivity index (χ4v) is 7.04. The van der Waals surface area contributed by atoms with Crippen molar-refractivity contribution in [1.82, 2.24) is 10.2 Å². The van der Waals surface area contributed by atoms with Crippen LogP contribution in [0.3, 0.4) is 0 Å². The van der Waals surface area contributed by atoms with Gasteiger partial charge in [-0.2, -0.15) is 0 Å². The SMILES string of the molecule is CCSc1nnc(NC(=O)/C=C/c2cc(OC)c(OC)c(S(=O)(=O)N3CCc4ccccc43)c2)s1. The molecule has 0 saturated carbocycles. The number of rotatable bonds is 9. The molecule has 1 aromatic heterocycles. The van der Waals surface area contributed by atoms with Gasteiger partial charge in [-0.3, -0.25) is 14.4 Å². The number of hydrogen-bond acceptors (Lipinski definition) is 9. The van der Waals surface area contributed by atoms with Gasteiger partial charge in [0, 0.05) is 12.6 Å². The molecule has 184 valence electrons. The number of carbonyl (C=O) groups is 1. The number of anilines is 2. The van der Waals surface area contributed by atoms with Crippen LogP contribution in [0, 0.1) is 0 Å². The Labute approximate surface area is 212 Å². The molecule has 12 heteroatoms. The fourth-order valence-electron chi connectivity index (χ4n) is 3.67. The molecule has 0 aliphatic carbocycles. The number of methoxy groups -OCH3 is 2. The van der Waals surface area contributed by atoms with Gasteiger partial charge in [-0.1, -0.05) is 48.2 Å². The van der Waals surface area contributed by atoms with E-state index in [0.29, 0.717) is 29.3 Å². The number of thioether (sulfide) groups is 1. The first kappa shape index (κ1) is 25.0. The number of nitrogens with zero attached hydrogens (tertiary/aromatic N) is 3. The summed E-state index contributed by atoms with van der Waals surface area (Å²) in [6.45, 7) is 2.34. The molecule has 1 aliphatic rings. The number of hydrogen-bond donors (Lipinski definition) is 1. The third-order valence-electron chi connectivity index (χ3n) is 5.21. The first-order chi connectivity index (χ1) is 16.9. The Morgan fingerprint density at radius 3 is 2.77 bits per heavy atom. The van der Waals surface area contributed by atoms with E-state index in [0.717, 1.165) is 15.7 Å². The molecule has 0 radical (unpaired) electrons. The lowest BCUT2D eigenvalue weighted by molar-refractivity contribution is -0.111. The van der Waals surface area contributed by atoms with Gasteiger partial charge < -0.3 is 9.47 Å². The van der Waals surface area contributed by atoms with Crippen molar-refractivity contribution in [2.24, 2.45) is 0 Å². The monoisotopic (exact) mass is 532 g/mol. The molecule has 1 amide bonds. The van der Waals surface area contributed by atoms with Gasteiger partial charge in [0.15, 0.2) is 15.8 Å². The van der Waals surface area contributed by atoms with Crippen LogP contribution < -0.4 is 19.1 Å². The normalized spacial score (nSPS) is 13.2. The summed E-state index contributed by atoms with van der Waals surface area (Å²) in [7, 11) is -1.14. The molecular weight excluding hydrogens is 508 g/mol. The van der Waals surface area contributed by atoms with E-state index in [-0.39, 0.29) is 16.4 Å². The van der Waals surface area contributed by atoms with E-state index in [1.54, 1.807) is 12.1 Å². The largest absolute Gasteiger partial charge is 0.493 e. The third kappa shape index (κ3) is 5.29. The lowest BCUT2D eigenvalue weighted by atomic mass is 10.2. The van der Waals surface area contributed by atoms with Crippen LogP contribution in [-0.2, 0) is 21.2 Å². The van der Waals surface area contributed by atoms with Gasteiger partial charge in [0.1, 0.15) is 4.90 Å². The highest BCUT2D eigenvalue weighted by atomic mass is 32.2. The Balaban J connectivity index is 1.64. The number of carbonyl (C=O) groups excluding carboxylic acids is 1. The van der Waals surface area contributed by atoms with Gasteiger partial charge in [0.2, 0.25) is 11.0 Å². The lowest BCUT2D eigenvalue weighted by Crippen LogP contribution is -2.29. The van der Waals surface area contributed by atoms with E-state index in [4.69, 9.17) is 9.47 Å². The average molecular weight is 533 g/mol. The zero-order valence-electron chi connectivity index (χ0n) is 19.3. The molecular formula is C23H24N4O5S3. The van der Waals surface area contributed by atoms with Gasteiger partial charge in [-0.15, -0.1) is 10.2 Å². The Morgan fingerprint density at radius 1 is 1.23 bits per heavy atom. The number of fused-ring (bicyclic) bond motifs is 1. The summed E-state index contributed by atoms with van der Waals surface area (Å²) in [4.78, 5) is 12.4. The summed E-state index contributed by atoms with van der Waals surface area (Å²) < 4.78 is 40.4. The third-order valence-corrected chi connectivity index (χ3v) is 8.88. The van der Waals surface area contributed by atoms with Gasteiger partial charge in [0.05, 0.1) is 19.9 Å². The van der Waals surface area contributed by atoms with Crippen molar-refractivity contribution in [2.75, 3.05) is 36.1 Å². The van der Waals surface area contributed by atoms with Crippen molar-refractivity contribution in [3.63, 3.8) is 0 Å². The fraction of sp³-hybridized carbons (Fsp3) is 0.261. The predicted molar refractivity (Wildman–Crippen MR) is 138 cm³/mol. The summed E-state index contributed by atoms with van der Waals surface area (Å²) >= 11 is 2.83. The van der Waals surface area contributed by atoms with Crippen LogP contribution in [-0.4, -0.2) is 51.0 Å². The molecule has 0 spiro atoms. The smallest absolute Gasteiger partial charge is 0.268 e. The molecule has 0 bridgehead atoms. The molecule has 1 N–H and O–H groups in total. The first-order valence-corrected chi connectivity index (χ1v) is 13.9. The van der Waals surface area contributed by atoms with Crippen molar-refractivity contribution >= 4 is 55.9 Å². The maximum Gasteiger partial charge on any atom is 0.268 e. The molecule has 9 nitrogen and oxygen atoms in total. The molecule has 2 aromatic carbocycles. The Morgan fingerprint density at radius 2 is 2.03 bits per heavy atom. The van der Waals surface area contributed by atoms with Crippen LogP contribution in [0.4, 0.5) is 10.8 Å². The average Bonchev–Trinajstić information content (AvgIpc) is 3.49. The number of amides is 1. The van der Waals surface area contributed by atoms with Gasteiger partial charge in [-0.25, -0.2) is 8.42 Å². The standard InChI is InChI=1S/C23H24N4O5S3/c1-4-33-23-26-25-22(34-23)24-20(28)10-9-15-13-18(31-2)21(32-3)19(14-15)35(29,30)27-12-11-16-7-5-6-8-17(16)27/h5-10,13-14H,4,11-12H2,1-3H3,(H,24,25,28)/b10-9+. The maximum atomic E-state index is 13.7. The molecule has 35 heavy (non-hydrogen) atoms. The second-order valence-corrected chi connectivity index (χ2v) is 11.7. The van der Waals surface area contributed by atoms with Crippen LogP contribution in [0.15, 0.2) is 51.7 Å². The highest BCUT2D eigenvalue weighted by Crippen LogP contribution is 2.40. The molecule has 0 saturated heterocycles. The summed E-state index contributed by atoms with van der Waals surface area (Å²) in [5.41, 5.74) is 2.07. The van der Waals surface area contributed by atoms with Crippen LogP contribution in [0.1, 0.15) is 18.1 Å². The highest BCUT2D eigenvalue weighted by Gasteiger charge is 2.34. The Hall–Kier alpha value is -3.09. The molecule has 4 rings (SSSR count). The minimum Gasteiger partial charge on any atom is -0.493 e. The van der Waals surface area contributed by atoms with Crippen LogP contribution in [0.5, 0.6) is 11.5 Å². The van der Waals surface area contributed by atoms with E-state index in [1.165, 1.54) is 59.8 Å². The number of sulfonamides is 1. The van der Waals surface area contributed by atoms with Crippen molar-refractivity contribution in [2.45, 2.75) is 22.6 Å². The molecule has 1 aliphatic heterocycles. The predicted octanol–water partition coefficient (Wildman–Crippen LogP) is 4.07. The number of benzene rings is 2. The highest BCUT2D eigenvalue weighted by molar-refractivity contribution is 8.01. The van der Waals surface area contributed by atoms with Crippen LogP contribution in [0.25, 0.3) is 6.08 Å². The molecule has 3 aromatic rings. The minimum atomic E-state index is -3.96. The number of ether oxygens (including phenoxy) is 2. The van der Waals surface area contributed by atoms with Crippen molar-refractivity contribution in [3.8, 4) is 11.5 Å². The van der Waals surface area contributed by atoms with E-state index in [2.05, 4.69) is 15.5 Å². The molecule has 0 atom stereocenters. The quantitative estimate of drug-likeness (QED) is 0.249. The zero-order chi connectivity index (χ0) is 25.0. The van der Waals surface area contributed by atoms with Crippen molar-refractivity contribution in [3.05, 3.63) is 53.6 Å². The van der Waals surface area contributed by atoms with Gasteiger partial charge >= 0.3 is 0 Å². The van der Waals surface area contributed by atoms with E-state index < -0.39 is 15.9 Å². The minimum absolute atomic E-state index is 0.0403.